The van der Waals surface area contributed by atoms with Crippen LogP contribution in [-0.2, 0) is 22.0 Å². The highest BCUT2D eigenvalue weighted by atomic mass is 32.2. The lowest BCUT2D eigenvalue weighted by Gasteiger charge is -2.24. The number of hydroxylamine groups is 1. The fourth-order valence-electron chi connectivity index (χ4n) is 2.58. The maximum absolute atomic E-state index is 11.8. The highest BCUT2D eigenvalue weighted by molar-refractivity contribution is 7.72. The normalized spacial score (nSPS) is 13.7. The highest BCUT2D eigenvalue weighted by Crippen LogP contribution is 2.25. The number of hydrogen-bond donors (Lipinski definition) is 3. The van der Waals surface area contributed by atoms with Gasteiger partial charge in [-0.15, -0.1) is 0 Å². The number of nitrogens with one attached hydrogen (secondary N) is 1. The summed E-state index contributed by atoms with van der Waals surface area (Å²) in [5, 5.41) is 13.3. The molecule has 24 heavy (non-hydrogen) atoms. The lowest BCUT2D eigenvalue weighted by atomic mass is 9.88. The van der Waals surface area contributed by atoms with Gasteiger partial charge in [0.15, 0.2) is 0 Å². The molecule has 0 aliphatic heterocycles. The number of amides is 1. The second-order valence-electron chi connectivity index (χ2n) is 6.00. The van der Waals surface area contributed by atoms with Crippen LogP contribution in [-0.4, -0.2) is 35.1 Å². The first kappa shape index (κ1) is 18.2. The van der Waals surface area contributed by atoms with E-state index in [1.165, 1.54) is 6.92 Å². The number of nitrogens with zero attached hydrogens (tertiary/aromatic N) is 2. The summed E-state index contributed by atoms with van der Waals surface area (Å²) in [5.41, 5.74) is 3.22. The molecule has 130 valence electrons. The van der Waals surface area contributed by atoms with Crippen LogP contribution in [0.4, 0.5) is 0 Å². The minimum Gasteiger partial charge on any atom is -0.289 e. The van der Waals surface area contributed by atoms with Crippen molar-refractivity contribution in [2.45, 2.75) is 26.8 Å². The monoisotopic (exact) mass is 351 g/mol. The van der Waals surface area contributed by atoms with E-state index in [2.05, 4.69) is 5.10 Å². The van der Waals surface area contributed by atoms with E-state index in [4.69, 9.17) is 5.21 Å². The van der Waals surface area contributed by atoms with Gasteiger partial charge in [-0.2, -0.15) is 5.10 Å². The smallest absolute Gasteiger partial charge is 0.250 e. The van der Waals surface area contributed by atoms with E-state index in [-0.39, 0.29) is 12.2 Å². The zero-order valence-corrected chi connectivity index (χ0v) is 14.5. The molecule has 2 rings (SSSR count). The van der Waals surface area contributed by atoms with Crippen LogP contribution in [0.3, 0.4) is 0 Å². The third kappa shape index (κ3) is 4.21. The predicted molar refractivity (Wildman–Crippen MR) is 90.2 cm³/mol. The van der Waals surface area contributed by atoms with Crippen LogP contribution in [0.25, 0.3) is 11.1 Å². The number of hydrogen-bond acceptors (Lipinski definition) is 5. The Morgan fingerprint density at radius 3 is 2.58 bits per heavy atom. The van der Waals surface area contributed by atoms with Gasteiger partial charge >= 0.3 is 0 Å². The maximum atomic E-state index is 11.8. The molecule has 0 saturated heterocycles. The lowest BCUT2D eigenvalue weighted by molar-refractivity contribution is -0.138. The first-order chi connectivity index (χ1) is 11.4. The van der Waals surface area contributed by atoms with Crippen molar-refractivity contribution in [1.82, 2.24) is 15.3 Å². The minimum absolute atomic E-state index is 0.234. The number of aromatic nitrogens is 2. The van der Waals surface area contributed by atoms with Crippen molar-refractivity contribution in [3.05, 3.63) is 42.2 Å². The van der Waals surface area contributed by atoms with Crippen molar-refractivity contribution in [3.8, 4) is 11.1 Å². The third-order valence-electron chi connectivity index (χ3n) is 4.05. The van der Waals surface area contributed by atoms with Crippen LogP contribution in [0.5, 0.6) is 0 Å². The number of carbonyl (C=O) groups is 1. The average molecular weight is 351 g/mol. The summed E-state index contributed by atoms with van der Waals surface area (Å²) >= 11 is 0. The minimum atomic E-state index is -2.75. The van der Waals surface area contributed by atoms with Gasteiger partial charge in [0.05, 0.1) is 16.9 Å². The first-order valence-corrected chi connectivity index (χ1v) is 8.88. The summed E-state index contributed by atoms with van der Waals surface area (Å²) < 4.78 is 23.8. The molecule has 2 N–H and O–H groups in total. The van der Waals surface area contributed by atoms with E-state index in [1.807, 2.05) is 43.5 Å². The van der Waals surface area contributed by atoms with Gasteiger partial charge in [-0.3, -0.25) is 14.7 Å². The Bertz CT molecular complexity index is 778. The molecule has 1 heterocycles. The number of benzene rings is 1. The Kier molecular flexibility index (Phi) is 5.74. The van der Waals surface area contributed by atoms with E-state index in [1.54, 1.807) is 10.2 Å². The molecule has 0 bridgehead atoms. The van der Waals surface area contributed by atoms with Crippen LogP contribution in [0.15, 0.2) is 36.5 Å². The predicted octanol–water partition coefficient (Wildman–Crippen LogP) is 1.37. The second kappa shape index (κ2) is 7.59. The molecule has 8 heteroatoms. The van der Waals surface area contributed by atoms with Gasteiger partial charge in [0.2, 0.25) is 5.91 Å². The number of rotatable bonds is 7. The quantitative estimate of drug-likeness (QED) is 0.397. The fraction of sp³-hybridized carbons (Fsp3) is 0.375. The summed E-state index contributed by atoms with van der Waals surface area (Å²) in [4.78, 5) is 11.8. The summed E-state index contributed by atoms with van der Waals surface area (Å²) in [6.45, 7) is 3.77. The number of carbonyl (C=O) groups excluding carboxylic acids is 1. The van der Waals surface area contributed by atoms with Crippen LogP contribution < -0.4 is 5.48 Å². The van der Waals surface area contributed by atoms with E-state index < -0.39 is 22.0 Å². The molecule has 0 aliphatic carbocycles. The molecule has 0 spiro atoms. The molecule has 0 radical (unpaired) electrons. The van der Waals surface area contributed by atoms with Crippen molar-refractivity contribution < 1.29 is 18.4 Å². The van der Waals surface area contributed by atoms with E-state index >= 15 is 0 Å². The molecule has 7 nitrogen and oxygen atoms in total. The highest BCUT2D eigenvalue weighted by Gasteiger charge is 2.34. The van der Waals surface area contributed by atoms with Crippen molar-refractivity contribution in [2.75, 3.05) is 5.75 Å². The van der Waals surface area contributed by atoms with Gasteiger partial charge in [-0.25, -0.2) is 13.9 Å². The standard InChI is InChI=1S/C16H21N3O4S/c1-12-14(13-6-4-3-5-7-13)10-19(17-12)9-8-16(2,11-24(22)23)15(20)18-21/h3-7,10,21,24H,8-9,11H2,1-2H3,(H,18,20)/t16-/m0/s1. The van der Waals surface area contributed by atoms with Crippen molar-refractivity contribution >= 4 is 16.6 Å². The van der Waals surface area contributed by atoms with Crippen LogP contribution in [0, 0.1) is 12.3 Å². The SMILES string of the molecule is Cc1nn(CC[C@@](C)(C[SH](=O)=O)C(=O)NO)cc1-c1ccccc1. The summed E-state index contributed by atoms with van der Waals surface area (Å²) in [5.74, 6) is -1.05. The van der Waals surface area contributed by atoms with Crippen LogP contribution in [0.1, 0.15) is 19.0 Å². The largest absolute Gasteiger partial charge is 0.289 e. The number of thiol groups is 1. The van der Waals surface area contributed by atoms with Crippen LogP contribution in [0.2, 0.25) is 0 Å². The number of aryl methyl sites for hydroxylation is 2. The van der Waals surface area contributed by atoms with Gasteiger partial charge in [0, 0.05) is 18.3 Å². The Hall–Kier alpha value is -2.19. The second-order valence-corrected chi connectivity index (χ2v) is 6.98. The third-order valence-corrected chi connectivity index (χ3v) is 5.01. The van der Waals surface area contributed by atoms with Gasteiger partial charge in [0.1, 0.15) is 10.7 Å². The van der Waals surface area contributed by atoms with Gasteiger partial charge in [-0.05, 0) is 25.8 Å². The molecule has 1 aromatic heterocycles. The van der Waals surface area contributed by atoms with Crippen molar-refractivity contribution in [2.24, 2.45) is 5.41 Å². The van der Waals surface area contributed by atoms with Gasteiger partial charge in [0.25, 0.3) is 0 Å². The molecule has 0 fully saturated rings. The Labute approximate surface area is 142 Å². The Morgan fingerprint density at radius 1 is 1.33 bits per heavy atom. The molecular weight excluding hydrogens is 330 g/mol. The fourth-order valence-corrected chi connectivity index (χ4v) is 3.45. The molecule has 0 saturated carbocycles. The van der Waals surface area contributed by atoms with Crippen LogP contribution >= 0.6 is 0 Å². The van der Waals surface area contributed by atoms with Crippen molar-refractivity contribution in [1.29, 1.82) is 0 Å². The summed E-state index contributed by atoms with van der Waals surface area (Å²) in [6.07, 6.45) is 2.11. The Balaban J connectivity index is 2.17. The summed E-state index contributed by atoms with van der Waals surface area (Å²) in [7, 11) is -2.75. The molecule has 2 aromatic rings. The van der Waals surface area contributed by atoms with Gasteiger partial charge < -0.3 is 0 Å². The lowest BCUT2D eigenvalue weighted by Crippen LogP contribution is -2.41. The maximum Gasteiger partial charge on any atom is 0.250 e. The Morgan fingerprint density at radius 2 is 2.00 bits per heavy atom. The summed E-state index contributed by atoms with van der Waals surface area (Å²) in [6, 6.07) is 9.80. The van der Waals surface area contributed by atoms with E-state index in [0.29, 0.717) is 6.54 Å². The molecule has 1 amide bonds. The van der Waals surface area contributed by atoms with E-state index in [9.17, 15) is 13.2 Å². The molecular formula is C16H21N3O4S. The average Bonchev–Trinajstić information content (AvgIpc) is 2.93. The van der Waals surface area contributed by atoms with E-state index in [0.717, 1.165) is 16.8 Å². The first-order valence-electron chi connectivity index (χ1n) is 7.51. The van der Waals surface area contributed by atoms with Crippen molar-refractivity contribution in [3.63, 3.8) is 0 Å². The van der Waals surface area contributed by atoms with Gasteiger partial charge in [-0.1, -0.05) is 30.3 Å². The topological polar surface area (TPSA) is 101 Å². The zero-order chi connectivity index (χ0) is 17.7. The molecule has 0 unspecified atom stereocenters. The molecule has 1 atom stereocenters. The molecule has 1 aromatic carbocycles. The zero-order valence-electron chi connectivity index (χ0n) is 13.6. The molecule has 0 aliphatic rings.